The van der Waals surface area contributed by atoms with E-state index in [1.807, 2.05) is 17.0 Å². The first-order chi connectivity index (χ1) is 15.1. The van der Waals surface area contributed by atoms with E-state index < -0.39 is 0 Å². The van der Waals surface area contributed by atoms with Crippen LogP contribution in [0.3, 0.4) is 0 Å². The summed E-state index contributed by atoms with van der Waals surface area (Å²) < 4.78 is 0. The highest BCUT2D eigenvalue weighted by Crippen LogP contribution is 2.40. The molecule has 2 aromatic carbocycles. The summed E-state index contributed by atoms with van der Waals surface area (Å²) in [6.07, 6.45) is 7.01. The molecule has 0 aliphatic carbocycles. The molecule has 2 saturated heterocycles. The summed E-state index contributed by atoms with van der Waals surface area (Å²) in [6.45, 7) is 5.91. The van der Waals surface area contributed by atoms with Gasteiger partial charge in [-0.05, 0) is 82.0 Å². The number of benzene rings is 2. The number of carbonyl (C=O) groups is 1. The van der Waals surface area contributed by atoms with Crippen molar-refractivity contribution in [2.45, 2.75) is 70.5 Å². The van der Waals surface area contributed by atoms with Gasteiger partial charge in [0.15, 0.2) is 0 Å². The summed E-state index contributed by atoms with van der Waals surface area (Å²) in [7, 11) is 2.30. The Morgan fingerprint density at radius 1 is 0.871 bits per heavy atom. The van der Waals surface area contributed by atoms with Crippen LogP contribution < -0.4 is 4.90 Å². The molecular formula is C27H37N3O. The maximum absolute atomic E-state index is 13.0. The summed E-state index contributed by atoms with van der Waals surface area (Å²) in [5.41, 5.74) is 3.23. The van der Waals surface area contributed by atoms with E-state index in [1.54, 1.807) is 0 Å². The molecule has 31 heavy (non-hydrogen) atoms. The lowest BCUT2D eigenvalue weighted by atomic mass is 9.95. The average molecular weight is 420 g/mol. The zero-order valence-corrected chi connectivity index (χ0v) is 19.3. The van der Waals surface area contributed by atoms with Crippen LogP contribution in [0.4, 0.5) is 11.4 Å². The Morgan fingerprint density at radius 2 is 1.42 bits per heavy atom. The maximum atomic E-state index is 13.0. The van der Waals surface area contributed by atoms with Crippen LogP contribution in [-0.2, 0) is 0 Å². The number of nitrogens with zero attached hydrogens (tertiary/aromatic N) is 3. The molecule has 2 aliphatic heterocycles. The molecule has 0 aromatic heterocycles. The van der Waals surface area contributed by atoms with Crippen molar-refractivity contribution in [2.24, 2.45) is 0 Å². The molecule has 3 atom stereocenters. The molecule has 2 aliphatic rings. The van der Waals surface area contributed by atoms with E-state index in [0.717, 1.165) is 31.5 Å². The normalized spacial score (nSPS) is 23.0. The van der Waals surface area contributed by atoms with E-state index in [1.165, 1.54) is 37.1 Å². The van der Waals surface area contributed by atoms with Crippen LogP contribution in [0.15, 0.2) is 54.6 Å². The lowest BCUT2D eigenvalue weighted by Gasteiger charge is -2.43. The van der Waals surface area contributed by atoms with Crippen LogP contribution in [-0.4, -0.2) is 54.0 Å². The van der Waals surface area contributed by atoms with E-state index in [0.29, 0.717) is 18.1 Å². The number of fused-ring (bicyclic) bond motifs is 2. The van der Waals surface area contributed by atoms with Crippen LogP contribution in [0, 0.1) is 0 Å². The number of carbonyl (C=O) groups excluding carboxylic acids is 1. The van der Waals surface area contributed by atoms with Gasteiger partial charge in [0, 0.05) is 48.2 Å². The van der Waals surface area contributed by atoms with Crippen molar-refractivity contribution >= 4 is 17.3 Å². The largest absolute Gasteiger partial charge is 0.339 e. The second-order valence-corrected chi connectivity index (χ2v) is 9.22. The fraction of sp³-hybridized carbons (Fsp3) is 0.519. The first kappa shape index (κ1) is 21.9. The summed E-state index contributed by atoms with van der Waals surface area (Å²) in [6, 6.07) is 21.0. The van der Waals surface area contributed by atoms with Gasteiger partial charge in [-0.15, -0.1) is 0 Å². The highest BCUT2D eigenvalue weighted by Gasteiger charge is 2.40. The fourth-order valence-corrected chi connectivity index (χ4v) is 5.55. The third kappa shape index (κ3) is 4.64. The van der Waals surface area contributed by atoms with Crippen LogP contribution in [0.5, 0.6) is 0 Å². The monoisotopic (exact) mass is 419 g/mol. The van der Waals surface area contributed by atoms with Gasteiger partial charge in [-0.2, -0.15) is 0 Å². The van der Waals surface area contributed by atoms with E-state index in [-0.39, 0.29) is 5.91 Å². The van der Waals surface area contributed by atoms with E-state index in [4.69, 9.17) is 0 Å². The molecule has 0 unspecified atom stereocenters. The number of anilines is 2. The molecule has 2 bridgehead atoms. The maximum Gasteiger partial charge on any atom is 0.253 e. The van der Waals surface area contributed by atoms with Gasteiger partial charge in [0.1, 0.15) is 0 Å². The molecule has 2 fully saturated rings. The van der Waals surface area contributed by atoms with E-state index in [9.17, 15) is 4.79 Å². The third-order valence-electron chi connectivity index (χ3n) is 7.14. The van der Waals surface area contributed by atoms with E-state index in [2.05, 4.69) is 73.2 Å². The predicted octanol–water partition coefficient (Wildman–Crippen LogP) is 5.71. The van der Waals surface area contributed by atoms with Gasteiger partial charge in [-0.3, -0.25) is 4.79 Å². The summed E-state index contributed by atoms with van der Waals surface area (Å²) in [5, 5.41) is 0. The fourth-order valence-electron chi connectivity index (χ4n) is 5.55. The van der Waals surface area contributed by atoms with Gasteiger partial charge >= 0.3 is 0 Å². The molecule has 0 N–H and O–H groups in total. The smallest absolute Gasteiger partial charge is 0.253 e. The number of amides is 1. The first-order valence-electron chi connectivity index (χ1n) is 12.1. The first-order valence-corrected chi connectivity index (χ1v) is 12.1. The number of hydrogen-bond donors (Lipinski definition) is 0. The molecule has 2 aromatic rings. The number of para-hydroxylation sites is 1. The van der Waals surface area contributed by atoms with Crippen LogP contribution in [0.1, 0.15) is 62.7 Å². The SMILES string of the molecule is CCCN(CCC)C(=O)c1ccc(N(c2ccccc2)[C@@H]2C[C@H]3CC[C@@H](C2)N3C)cc1. The Kier molecular flexibility index (Phi) is 6.96. The molecule has 0 saturated carbocycles. The van der Waals surface area contributed by atoms with Crippen molar-refractivity contribution in [2.75, 3.05) is 25.0 Å². The van der Waals surface area contributed by atoms with E-state index >= 15 is 0 Å². The Bertz CT molecular complexity index is 831. The van der Waals surface area contributed by atoms with Crippen LogP contribution in [0.2, 0.25) is 0 Å². The van der Waals surface area contributed by atoms with Gasteiger partial charge in [0.25, 0.3) is 5.91 Å². The third-order valence-corrected chi connectivity index (χ3v) is 7.14. The summed E-state index contributed by atoms with van der Waals surface area (Å²) in [5.74, 6) is 0.152. The number of piperidine rings is 1. The minimum Gasteiger partial charge on any atom is -0.339 e. The minimum atomic E-state index is 0.152. The molecule has 0 spiro atoms. The van der Waals surface area contributed by atoms with Crippen molar-refractivity contribution in [1.29, 1.82) is 0 Å². The second kappa shape index (κ2) is 9.86. The van der Waals surface area contributed by atoms with Crippen molar-refractivity contribution in [3.05, 3.63) is 60.2 Å². The quantitative estimate of drug-likeness (QED) is 0.548. The molecule has 1 amide bonds. The number of rotatable bonds is 8. The molecule has 4 rings (SSSR count). The van der Waals surface area contributed by atoms with Crippen molar-refractivity contribution < 1.29 is 4.79 Å². The Hall–Kier alpha value is -2.33. The van der Waals surface area contributed by atoms with Gasteiger partial charge in [-0.25, -0.2) is 0 Å². The Labute approximate surface area is 187 Å². The van der Waals surface area contributed by atoms with Crippen molar-refractivity contribution in [1.82, 2.24) is 9.80 Å². The lowest BCUT2D eigenvalue weighted by Crippen LogP contribution is -2.47. The molecule has 166 valence electrons. The molecule has 2 heterocycles. The number of hydrogen-bond acceptors (Lipinski definition) is 3. The molecule has 4 nitrogen and oxygen atoms in total. The van der Waals surface area contributed by atoms with Gasteiger partial charge < -0.3 is 14.7 Å². The standard InChI is InChI=1S/C27H37N3O/c1-4-17-29(18-5-2)27(31)21-11-13-23(14-12-21)30(22-9-7-6-8-10-22)26-19-24-15-16-25(20-26)28(24)3/h6-14,24-26H,4-5,15-20H2,1-3H3/t24-,25+,26-. The lowest BCUT2D eigenvalue weighted by molar-refractivity contribution is 0.0755. The van der Waals surface area contributed by atoms with Crippen molar-refractivity contribution in [3.63, 3.8) is 0 Å². The predicted molar refractivity (Wildman–Crippen MR) is 129 cm³/mol. The highest BCUT2D eigenvalue weighted by molar-refractivity contribution is 5.94. The zero-order chi connectivity index (χ0) is 21.8. The average Bonchev–Trinajstić information content (AvgIpc) is 3.00. The summed E-state index contributed by atoms with van der Waals surface area (Å²) >= 11 is 0. The van der Waals surface area contributed by atoms with Crippen LogP contribution in [0.25, 0.3) is 0 Å². The minimum absolute atomic E-state index is 0.152. The molecule has 0 radical (unpaired) electrons. The van der Waals surface area contributed by atoms with Gasteiger partial charge in [0.2, 0.25) is 0 Å². The van der Waals surface area contributed by atoms with Gasteiger partial charge in [0.05, 0.1) is 0 Å². The Morgan fingerprint density at radius 3 is 1.97 bits per heavy atom. The van der Waals surface area contributed by atoms with Crippen LogP contribution >= 0.6 is 0 Å². The molecular weight excluding hydrogens is 382 g/mol. The zero-order valence-electron chi connectivity index (χ0n) is 19.3. The highest BCUT2D eigenvalue weighted by atomic mass is 16.2. The summed E-state index contributed by atoms with van der Waals surface area (Å²) in [4.78, 5) is 20.1. The topological polar surface area (TPSA) is 26.8 Å². The van der Waals surface area contributed by atoms with Crippen molar-refractivity contribution in [3.8, 4) is 0 Å². The van der Waals surface area contributed by atoms with Gasteiger partial charge in [-0.1, -0.05) is 32.0 Å². The Balaban J connectivity index is 1.60. The molecule has 4 heteroatoms. The second-order valence-electron chi connectivity index (χ2n) is 9.22.